The highest BCUT2D eigenvalue weighted by molar-refractivity contribution is 7.80. The molecule has 0 amide bonds. The highest BCUT2D eigenvalue weighted by Crippen LogP contribution is 2.38. The minimum Gasteiger partial charge on any atom is -0.462 e. The van der Waals surface area contributed by atoms with E-state index in [1.807, 2.05) is 19.1 Å². The van der Waals surface area contributed by atoms with Gasteiger partial charge in [0, 0.05) is 36.7 Å². The van der Waals surface area contributed by atoms with Gasteiger partial charge in [-0.2, -0.15) is 0 Å². The predicted octanol–water partition coefficient (Wildman–Crippen LogP) is 4.46. The summed E-state index contributed by atoms with van der Waals surface area (Å²) in [7, 11) is 0. The van der Waals surface area contributed by atoms with Crippen LogP contribution in [0.2, 0.25) is 0 Å². The summed E-state index contributed by atoms with van der Waals surface area (Å²) in [5.74, 6) is -0.484. The molecule has 160 valence electrons. The SMILES string of the molecule is CCOC(=O)c1c(NC(=S)N2CCN(c3ccc(F)cc3)CC2)sc2c1CCCC2. The fraction of sp³-hybridized carbons (Fsp3) is 0.455. The monoisotopic (exact) mass is 447 g/mol. The lowest BCUT2D eigenvalue weighted by Gasteiger charge is -2.37. The van der Waals surface area contributed by atoms with E-state index in [9.17, 15) is 9.18 Å². The number of nitrogens with zero attached hydrogens (tertiary/aromatic N) is 2. The minimum atomic E-state index is -0.261. The van der Waals surface area contributed by atoms with Crippen LogP contribution in [0.1, 0.15) is 40.6 Å². The Hall–Kier alpha value is -2.19. The van der Waals surface area contributed by atoms with E-state index >= 15 is 0 Å². The molecule has 0 bridgehead atoms. The maximum atomic E-state index is 13.2. The van der Waals surface area contributed by atoms with Crippen LogP contribution in [-0.2, 0) is 17.6 Å². The van der Waals surface area contributed by atoms with E-state index in [2.05, 4.69) is 15.1 Å². The molecule has 0 atom stereocenters. The molecule has 2 aromatic rings. The van der Waals surface area contributed by atoms with Crippen LogP contribution in [0.25, 0.3) is 0 Å². The second kappa shape index (κ2) is 9.31. The number of nitrogens with one attached hydrogen (secondary N) is 1. The summed E-state index contributed by atoms with van der Waals surface area (Å²) in [6.45, 7) is 5.33. The number of aryl methyl sites for hydroxylation is 1. The summed E-state index contributed by atoms with van der Waals surface area (Å²) in [6.07, 6.45) is 4.19. The van der Waals surface area contributed by atoms with Crippen molar-refractivity contribution in [3.05, 3.63) is 46.1 Å². The maximum Gasteiger partial charge on any atom is 0.341 e. The summed E-state index contributed by atoms with van der Waals surface area (Å²) >= 11 is 7.32. The Bertz CT molecular complexity index is 921. The minimum absolute atomic E-state index is 0.223. The molecule has 5 nitrogen and oxygen atoms in total. The molecule has 1 aromatic heterocycles. The van der Waals surface area contributed by atoms with E-state index in [4.69, 9.17) is 17.0 Å². The van der Waals surface area contributed by atoms with Gasteiger partial charge in [0.1, 0.15) is 10.8 Å². The number of rotatable bonds is 4. The normalized spacial score (nSPS) is 16.2. The topological polar surface area (TPSA) is 44.8 Å². The third-order valence-corrected chi connectivity index (χ3v) is 7.20. The van der Waals surface area contributed by atoms with Gasteiger partial charge in [-0.15, -0.1) is 11.3 Å². The Morgan fingerprint density at radius 2 is 1.87 bits per heavy atom. The molecule has 8 heteroatoms. The van der Waals surface area contributed by atoms with Gasteiger partial charge in [-0.25, -0.2) is 9.18 Å². The van der Waals surface area contributed by atoms with Crippen molar-refractivity contribution in [2.24, 2.45) is 0 Å². The van der Waals surface area contributed by atoms with Crippen molar-refractivity contribution >= 4 is 45.3 Å². The van der Waals surface area contributed by atoms with Gasteiger partial charge in [0.05, 0.1) is 12.2 Å². The Balaban J connectivity index is 1.43. The van der Waals surface area contributed by atoms with Gasteiger partial charge < -0.3 is 19.9 Å². The van der Waals surface area contributed by atoms with E-state index in [1.165, 1.54) is 17.0 Å². The number of esters is 1. The molecule has 2 heterocycles. The van der Waals surface area contributed by atoms with Crippen LogP contribution in [0.3, 0.4) is 0 Å². The van der Waals surface area contributed by atoms with Crippen LogP contribution in [0.15, 0.2) is 24.3 Å². The molecule has 1 saturated heterocycles. The fourth-order valence-corrected chi connectivity index (χ4v) is 5.69. The number of thiocarbonyl (C=S) groups is 1. The number of halogens is 1. The summed E-state index contributed by atoms with van der Waals surface area (Å²) < 4.78 is 18.5. The Morgan fingerprint density at radius 1 is 1.17 bits per heavy atom. The second-order valence-corrected chi connectivity index (χ2v) is 9.01. The maximum absolute atomic E-state index is 13.2. The van der Waals surface area contributed by atoms with E-state index in [0.29, 0.717) is 17.3 Å². The summed E-state index contributed by atoms with van der Waals surface area (Å²) in [5, 5.41) is 4.79. The highest BCUT2D eigenvalue weighted by Gasteiger charge is 2.28. The van der Waals surface area contributed by atoms with Crippen molar-refractivity contribution in [1.82, 2.24) is 4.90 Å². The zero-order chi connectivity index (χ0) is 21.1. The summed E-state index contributed by atoms with van der Waals surface area (Å²) in [6, 6.07) is 6.60. The number of ether oxygens (including phenoxy) is 1. The number of fused-ring (bicyclic) bond motifs is 1. The molecule has 30 heavy (non-hydrogen) atoms. The molecule has 1 aliphatic carbocycles. The zero-order valence-corrected chi connectivity index (χ0v) is 18.7. The van der Waals surface area contributed by atoms with Crippen molar-refractivity contribution < 1.29 is 13.9 Å². The summed E-state index contributed by atoms with van der Waals surface area (Å²) in [5.41, 5.74) is 2.82. The lowest BCUT2D eigenvalue weighted by molar-refractivity contribution is 0.0526. The number of benzene rings is 1. The first-order valence-corrected chi connectivity index (χ1v) is 11.7. The predicted molar refractivity (Wildman–Crippen MR) is 123 cm³/mol. The van der Waals surface area contributed by atoms with Gasteiger partial charge in [0.25, 0.3) is 0 Å². The highest BCUT2D eigenvalue weighted by atomic mass is 32.1. The Labute approximate surface area is 185 Å². The number of carbonyl (C=O) groups excluding carboxylic acids is 1. The quantitative estimate of drug-likeness (QED) is 0.552. The third-order valence-electron chi connectivity index (χ3n) is 5.63. The smallest absolute Gasteiger partial charge is 0.341 e. The Morgan fingerprint density at radius 3 is 2.57 bits per heavy atom. The van der Waals surface area contributed by atoms with Crippen molar-refractivity contribution in [2.45, 2.75) is 32.6 Å². The largest absolute Gasteiger partial charge is 0.462 e. The molecular formula is C22H26FN3O2S2. The molecular weight excluding hydrogens is 421 g/mol. The van der Waals surface area contributed by atoms with E-state index in [0.717, 1.165) is 68.1 Å². The van der Waals surface area contributed by atoms with Crippen LogP contribution >= 0.6 is 23.6 Å². The molecule has 1 aliphatic heterocycles. The van der Waals surface area contributed by atoms with Crippen LogP contribution < -0.4 is 10.2 Å². The van der Waals surface area contributed by atoms with E-state index in [-0.39, 0.29) is 11.8 Å². The van der Waals surface area contributed by atoms with Crippen LogP contribution in [0.4, 0.5) is 15.1 Å². The first-order valence-electron chi connectivity index (χ1n) is 10.4. The molecule has 1 fully saturated rings. The zero-order valence-electron chi connectivity index (χ0n) is 17.1. The van der Waals surface area contributed by atoms with Crippen LogP contribution in [-0.4, -0.2) is 48.8 Å². The van der Waals surface area contributed by atoms with Crippen LogP contribution in [0, 0.1) is 5.82 Å². The number of hydrogen-bond acceptors (Lipinski definition) is 5. The van der Waals surface area contributed by atoms with Crippen molar-refractivity contribution in [1.29, 1.82) is 0 Å². The van der Waals surface area contributed by atoms with Gasteiger partial charge in [-0.05, 0) is 74.7 Å². The first-order chi connectivity index (χ1) is 14.6. The Kier molecular flexibility index (Phi) is 6.53. The van der Waals surface area contributed by atoms with Crippen molar-refractivity contribution in [3.63, 3.8) is 0 Å². The molecule has 1 N–H and O–H groups in total. The fourth-order valence-electron chi connectivity index (χ4n) is 4.07. The average Bonchev–Trinajstić information content (AvgIpc) is 3.12. The third kappa shape index (κ3) is 4.44. The molecule has 0 radical (unpaired) electrons. The molecule has 0 saturated carbocycles. The number of anilines is 2. The number of piperazine rings is 1. The number of hydrogen-bond donors (Lipinski definition) is 1. The number of carbonyl (C=O) groups is 1. The van der Waals surface area contributed by atoms with Crippen molar-refractivity contribution in [2.75, 3.05) is 43.0 Å². The van der Waals surface area contributed by atoms with E-state index < -0.39 is 0 Å². The molecule has 2 aliphatic rings. The standard InChI is InChI=1S/C22H26FN3O2S2/c1-2-28-21(27)19-17-5-3-4-6-18(17)30-20(19)24-22(29)26-13-11-25(12-14-26)16-9-7-15(23)8-10-16/h7-10H,2-6,11-14H2,1H3,(H,24,29). The van der Waals surface area contributed by atoms with Gasteiger partial charge in [-0.1, -0.05) is 0 Å². The van der Waals surface area contributed by atoms with Crippen molar-refractivity contribution in [3.8, 4) is 0 Å². The molecule has 1 aromatic carbocycles. The second-order valence-electron chi connectivity index (χ2n) is 7.52. The average molecular weight is 448 g/mol. The van der Waals surface area contributed by atoms with Gasteiger partial charge in [-0.3, -0.25) is 0 Å². The van der Waals surface area contributed by atoms with Gasteiger partial charge in [0.2, 0.25) is 0 Å². The molecule has 0 spiro atoms. The van der Waals surface area contributed by atoms with E-state index in [1.54, 1.807) is 11.3 Å². The lowest BCUT2D eigenvalue weighted by atomic mass is 9.95. The van der Waals surface area contributed by atoms with Gasteiger partial charge in [0.15, 0.2) is 5.11 Å². The lowest BCUT2D eigenvalue weighted by Crippen LogP contribution is -2.50. The summed E-state index contributed by atoms with van der Waals surface area (Å²) in [4.78, 5) is 18.3. The first kappa shape index (κ1) is 21.1. The number of thiophene rings is 1. The van der Waals surface area contributed by atoms with Crippen LogP contribution in [0.5, 0.6) is 0 Å². The molecule has 4 rings (SSSR count). The molecule has 0 unspecified atom stereocenters. The van der Waals surface area contributed by atoms with Gasteiger partial charge >= 0.3 is 5.97 Å².